The summed E-state index contributed by atoms with van der Waals surface area (Å²) >= 11 is 7.46. The molecule has 1 saturated heterocycles. The molecule has 1 N–H and O–H groups in total. The fraction of sp³-hybridized carbons (Fsp3) is 0.308. The second kappa shape index (κ2) is 10.5. The number of hydrogen-bond donors (Lipinski definition) is 1. The van der Waals surface area contributed by atoms with Gasteiger partial charge in [0.2, 0.25) is 5.88 Å². The fourth-order valence-corrected chi connectivity index (χ4v) is 5.63. The first-order valence-electron chi connectivity index (χ1n) is 12.3. The van der Waals surface area contributed by atoms with Crippen molar-refractivity contribution in [3.05, 3.63) is 58.6 Å². The Kier molecular flexibility index (Phi) is 6.77. The van der Waals surface area contributed by atoms with Gasteiger partial charge in [-0.1, -0.05) is 40.1 Å². The van der Waals surface area contributed by atoms with Crippen LogP contribution in [0.1, 0.15) is 25.0 Å². The number of para-hydroxylation sites is 1. The van der Waals surface area contributed by atoms with Crippen molar-refractivity contribution in [2.24, 2.45) is 5.16 Å². The average molecular weight is 554 g/mol. The van der Waals surface area contributed by atoms with E-state index in [-0.39, 0.29) is 12.5 Å². The smallest absolute Gasteiger partial charge is 0.393 e. The van der Waals surface area contributed by atoms with Gasteiger partial charge in [0, 0.05) is 37.0 Å². The van der Waals surface area contributed by atoms with E-state index in [1.54, 1.807) is 11.0 Å². The lowest BCUT2D eigenvalue weighted by atomic mass is 10.1. The normalized spacial score (nSPS) is 17.0. The van der Waals surface area contributed by atoms with Crippen LogP contribution in [0.2, 0.25) is 4.34 Å². The Balaban J connectivity index is 1.10. The van der Waals surface area contributed by atoms with Crippen molar-refractivity contribution >= 4 is 51.6 Å². The number of nitrogens with one attached hydrogen (secondary N) is 1. The van der Waals surface area contributed by atoms with E-state index in [0.29, 0.717) is 40.3 Å². The van der Waals surface area contributed by atoms with E-state index in [1.807, 2.05) is 47.0 Å². The Labute approximate surface area is 226 Å². The quantitative estimate of drug-likeness (QED) is 0.348. The van der Waals surface area contributed by atoms with Crippen molar-refractivity contribution in [1.29, 1.82) is 0 Å². The van der Waals surface area contributed by atoms with E-state index in [0.717, 1.165) is 41.7 Å². The van der Waals surface area contributed by atoms with Gasteiger partial charge in [-0.2, -0.15) is 0 Å². The lowest BCUT2D eigenvalue weighted by Gasteiger charge is -2.14. The lowest BCUT2D eigenvalue weighted by molar-refractivity contribution is -0.123. The predicted molar refractivity (Wildman–Crippen MR) is 143 cm³/mol. The van der Waals surface area contributed by atoms with Gasteiger partial charge >= 0.3 is 6.09 Å². The number of oxime groups is 1. The molecule has 2 amide bonds. The van der Waals surface area contributed by atoms with Crippen LogP contribution in [0.3, 0.4) is 0 Å². The molecule has 38 heavy (non-hydrogen) atoms. The number of fused-ring (bicyclic) bond motifs is 1. The Morgan fingerprint density at radius 2 is 2.00 bits per heavy atom. The number of carbonyl (C=O) groups excluding carboxylic acids is 2. The summed E-state index contributed by atoms with van der Waals surface area (Å²) in [6.45, 7) is 1.99. The maximum Gasteiger partial charge on any atom is 0.414 e. The minimum absolute atomic E-state index is 0.0877. The van der Waals surface area contributed by atoms with E-state index in [4.69, 9.17) is 25.7 Å². The first kappa shape index (κ1) is 24.5. The Morgan fingerprint density at radius 1 is 1.16 bits per heavy atom. The van der Waals surface area contributed by atoms with Gasteiger partial charge in [0.05, 0.1) is 27.8 Å². The highest BCUT2D eigenvalue weighted by molar-refractivity contribution is 7.19. The number of thiophene rings is 1. The van der Waals surface area contributed by atoms with E-state index in [1.165, 1.54) is 11.3 Å². The summed E-state index contributed by atoms with van der Waals surface area (Å²) < 4.78 is 13.7. The van der Waals surface area contributed by atoms with Gasteiger partial charge in [-0.05, 0) is 31.0 Å². The van der Waals surface area contributed by atoms with Crippen LogP contribution in [-0.4, -0.2) is 58.1 Å². The maximum atomic E-state index is 12.7. The molecule has 1 aromatic carbocycles. The van der Waals surface area contributed by atoms with Crippen molar-refractivity contribution in [2.75, 3.05) is 19.6 Å². The zero-order valence-electron chi connectivity index (χ0n) is 20.3. The molecule has 0 radical (unpaired) electrons. The highest BCUT2D eigenvalue weighted by Gasteiger charge is 2.31. The van der Waals surface area contributed by atoms with Crippen molar-refractivity contribution in [1.82, 2.24) is 19.9 Å². The summed E-state index contributed by atoms with van der Waals surface area (Å²) in [7, 11) is 0. The van der Waals surface area contributed by atoms with Crippen LogP contribution in [0.4, 0.5) is 4.79 Å². The van der Waals surface area contributed by atoms with Crippen molar-refractivity contribution < 1.29 is 23.7 Å². The molecule has 2 aliphatic rings. The number of ether oxygens (including phenoxy) is 1. The third-order valence-corrected chi connectivity index (χ3v) is 7.76. The minimum atomic E-state index is -0.633. The molecule has 196 valence electrons. The number of nitrogens with zero attached hydrogens (tertiary/aromatic N) is 4. The molecule has 3 aromatic heterocycles. The van der Waals surface area contributed by atoms with Crippen LogP contribution in [0.25, 0.3) is 21.5 Å². The molecule has 10 nitrogen and oxygen atoms in total. The summed E-state index contributed by atoms with van der Waals surface area (Å²) in [5.41, 5.74) is 1.95. The number of carbonyl (C=O) groups is 2. The van der Waals surface area contributed by atoms with E-state index in [9.17, 15) is 9.59 Å². The summed E-state index contributed by atoms with van der Waals surface area (Å²) in [6.07, 6.45) is 1.31. The SMILES string of the molecule is O=C(NCC1CC(C(=O)N2CCCC2)=NO1)Oc1cc2ccccc2n1Cc1cc(-c2ccc(Cl)s2)on1. The van der Waals surface area contributed by atoms with Gasteiger partial charge in [0.1, 0.15) is 11.4 Å². The molecule has 0 bridgehead atoms. The molecule has 6 rings (SSSR count). The predicted octanol–water partition coefficient (Wildman–Crippen LogP) is 4.92. The number of benzene rings is 1. The summed E-state index contributed by atoms with van der Waals surface area (Å²) in [5.74, 6) is 0.895. The van der Waals surface area contributed by atoms with Crippen LogP contribution in [0.5, 0.6) is 5.88 Å². The maximum absolute atomic E-state index is 12.7. The molecule has 0 aliphatic carbocycles. The number of rotatable bonds is 7. The molecule has 5 heterocycles. The molecule has 0 spiro atoms. The van der Waals surface area contributed by atoms with E-state index >= 15 is 0 Å². The van der Waals surface area contributed by atoms with Crippen LogP contribution in [-0.2, 0) is 16.2 Å². The van der Waals surface area contributed by atoms with Gasteiger partial charge in [-0.3, -0.25) is 4.79 Å². The molecule has 1 atom stereocenters. The topological polar surface area (TPSA) is 111 Å². The molecular formula is C26H24ClN5O5S. The monoisotopic (exact) mass is 553 g/mol. The van der Waals surface area contributed by atoms with Gasteiger partial charge in [-0.25, -0.2) is 4.79 Å². The second-order valence-corrected chi connectivity index (χ2v) is 10.9. The number of likely N-dealkylation sites (tertiary alicyclic amines) is 1. The zero-order valence-corrected chi connectivity index (χ0v) is 21.8. The second-order valence-electron chi connectivity index (χ2n) is 9.15. The molecule has 2 aliphatic heterocycles. The van der Waals surface area contributed by atoms with Crippen molar-refractivity contribution in [3.8, 4) is 16.5 Å². The lowest BCUT2D eigenvalue weighted by Crippen LogP contribution is -2.37. The summed E-state index contributed by atoms with van der Waals surface area (Å²) in [6, 6.07) is 15.1. The average Bonchev–Trinajstić information content (AvgIpc) is 3.75. The molecular weight excluding hydrogens is 530 g/mol. The summed E-state index contributed by atoms with van der Waals surface area (Å²) in [4.78, 5) is 33.3. The largest absolute Gasteiger partial charge is 0.414 e. The zero-order chi connectivity index (χ0) is 26.1. The minimum Gasteiger partial charge on any atom is -0.393 e. The Hall–Kier alpha value is -3.83. The third-order valence-electron chi connectivity index (χ3n) is 6.51. The van der Waals surface area contributed by atoms with Gasteiger partial charge in [0.15, 0.2) is 11.9 Å². The Morgan fingerprint density at radius 3 is 2.82 bits per heavy atom. The van der Waals surface area contributed by atoms with Crippen LogP contribution < -0.4 is 10.1 Å². The highest BCUT2D eigenvalue weighted by Crippen LogP contribution is 2.32. The molecule has 0 saturated carbocycles. The molecule has 1 fully saturated rings. The van der Waals surface area contributed by atoms with E-state index < -0.39 is 12.2 Å². The van der Waals surface area contributed by atoms with Gasteiger partial charge in [-0.15, -0.1) is 11.3 Å². The molecule has 1 unspecified atom stereocenters. The summed E-state index contributed by atoms with van der Waals surface area (Å²) in [5, 5.41) is 11.8. The highest BCUT2D eigenvalue weighted by atomic mass is 35.5. The van der Waals surface area contributed by atoms with Crippen LogP contribution >= 0.6 is 22.9 Å². The molecule has 12 heteroatoms. The van der Waals surface area contributed by atoms with Gasteiger partial charge < -0.3 is 28.9 Å². The van der Waals surface area contributed by atoms with Crippen LogP contribution in [0.15, 0.2) is 58.2 Å². The standard InChI is InChI=1S/C26H24ClN5O5S/c27-23-8-7-22(38-23)21-12-17(29-37-21)15-32-20-6-2-1-5-16(20)11-24(32)35-26(34)28-14-18-13-19(30-36-18)25(33)31-9-3-4-10-31/h1-2,5-8,11-12,18H,3-4,9-10,13-15H2,(H,28,34). The Bertz CT molecular complexity index is 1520. The number of hydrogen-bond acceptors (Lipinski definition) is 8. The van der Waals surface area contributed by atoms with E-state index in [2.05, 4.69) is 15.6 Å². The third kappa shape index (κ3) is 5.11. The van der Waals surface area contributed by atoms with Crippen molar-refractivity contribution in [3.63, 3.8) is 0 Å². The first-order chi connectivity index (χ1) is 18.5. The number of amides is 2. The number of aromatic nitrogens is 2. The van der Waals surface area contributed by atoms with Crippen LogP contribution in [0, 0.1) is 0 Å². The number of halogens is 1. The first-order valence-corrected chi connectivity index (χ1v) is 13.5. The molecule has 4 aromatic rings. The fourth-order valence-electron chi connectivity index (χ4n) is 4.64. The van der Waals surface area contributed by atoms with Crippen molar-refractivity contribution in [2.45, 2.75) is 31.9 Å². The van der Waals surface area contributed by atoms with Gasteiger partial charge in [0.25, 0.3) is 5.91 Å².